The maximum Gasteiger partial charge on any atom is 0.205 e. The Labute approximate surface area is 176 Å². The zero-order chi connectivity index (χ0) is 22.4. The highest BCUT2D eigenvalue weighted by Gasteiger charge is 2.26. The second kappa shape index (κ2) is 16.1. The van der Waals surface area contributed by atoms with Crippen LogP contribution in [0.1, 0.15) is 101 Å². The van der Waals surface area contributed by atoms with E-state index >= 15 is 0 Å². The molecule has 0 aromatic rings. The van der Waals surface area contributed by atoms with Gasteiger partial charge in [0.05, 0.1) is 6.61 Å². The fourth-order valence-electron chi connectivity index (χ4n) is 2.72. The Hall–Kier alpha value is 0.380. The monoisotopic (exact) mass is 440 g/mol. The molecule has 0 heterocycles. The summed E-state index contributed by atoms with van der Waals surface area (Å²) in [4.78, 5) is 9.51. The van der Waals surface area contributed by atoms with E-state index in [1.54, 1.807) is 0 Å². The van der Waals surface area contributed by atoms with Gasteiger partial charge in [0.1, 0.15) is 0 Å². The van der Waals surface area contributed by atoms with Gasteiger partial charge in [-0.1, -0.05) is 81.1 Å². The third-order valence-electron chi connectivity index (χ3n) is 4.95. The molecule has 1 N–H and O–H groups in total. The molecular formula is C22H50O4P2. The van der Waals surface area contributed by atoms with Crippen molar-refractivity contribution < 1.29 is 18.5 Å². The van der Waals surface area contributed by atoms with Crippen LogP contribution in [-0.4, -0.2) is 35.1 Å². The van der Waals surface area contributed by atoms with Crippen molar-refractivity contribution in [2.75, 3.05) is 18.9 Å². The van der Waals surface area contributed by atoms with Gasteiger partial charge in [0, 0.05) is 23.6 Å². The standard InChI is InChI=1S/C12H27O2P.C10H23O2P/c1-6-14-15(13,12(4)5)10-8-7-9-11(2)3;1-9(2)7-5-6-8-13(11,12)10(3)4/h11-12H,6-10H2,1-5H3;9-10H,5-8H2,1-4H3,(H,11,12). The molecule has 0 saturated carbocycles. The van der Waals surface area contributed by atoms with Crippen LogP contribution in [-0.2, 0) is 13.7 Å². The molecule has 172 valence electrons. The van der Waals surface area contributed by atoms with Crippen LogP contribution in [0, 0.1) is 11.8 Å². The van der Waals surface area contributed by atoms with Crippen LogP contribution in [0.5, 0.6) is 0 Å². The largest absolute Gasteiger partial charge is 0.344 e. The van der Waals surface area contributed by atoms with Crippen LogP contribution in [0.2, 0.25) is 0 Å². The quantitative estimate of drug-likeness (QED) is 0.219. The van der Waals surface area contributed by atoms with Crippen molar-refractivity contribution in [1.29, 1.82) is 0 Å². The van der Waals surface area contributed by atoms with Gasteiger partial charge >= 0.3 is 0 Å². The van der Waals surface area contributed by atoms with Gasteiger partial charge in [-0.05, 0) is 31.6 Å². The van der Waals surface area contributed by atoms with Crippen molar-refractivity contribution in [2.24, 2.45) is 11.8 Å². The van der Waals surface area contributed by atoms with Crippen molar-refractivity contribution in [3.05, 3.63) is 0 Å². The Morgan fingerprint density at radius 3 is 1.46 bits per heavy atom. The highest BCUT2D eigenvalue weighted by Crippen LogP contribution is 2.52. The van der Waals surface area contributed by atoms with E-state index in [-0.39, 0.29) is 11.3 Å². The predicted octanol–water partition coefficient (Wildman–Crippen LogP) is 8.03. The van der Waals surface area contributed by atoms with Crippen LogP contribution in [0.15, 0.2) is 0 Å². The van der Waals surface area contributed by atoms with Gasteiger partial charge in [-0.25, -0.2) is 0 Å². The van der Waals surface area contributed by atoms with Gasteiger partial charge in [0.2, 0.25) is 14.7 Å². The molecular weight excluding hydrogens is 390 g/mol. The second-order valence-electron chi connectivity index (χ2n) is 9.31. The molecule has 0 aromatic carbocycles. The lowest BCUT2D eigenvalue weighted by Gasteiger charge is -2.21. The van der Waals surface area contributed by atoms with Gasteiger partial charge in [0.15, 0.2) is 0 Å². The zero-order valence-corrected chi connectivity index (χ0v) is 22.0. The van der Waals surface area contributed by atoms with Crippen LogP contribution in [0.3, 0.4) is 0 Å². The van der Waals surface area contributed by atoms with Crippen molar-refractivity contribution in [1.82, 2.24) is 0 Å². The van der Waals surface area contributed by atoms with E-state index in [0.29, 0.717) is 18.7 Å². The maximum atomic E-state index is 12.3. The topological polar surface area (TPSA) is 63.6 Å². The van der Waals surface area contributed by atoms with Gasteiger partial charge in [-0.2, -0.15) is 0 Å². The SMILES string of the molecule is CC(C)CCCCP(=O)(O)C(C)C.CCOP(=O)(CCCCC(C)C)C(C)C. The van der Waals surface area contributed by atoms with Crippen molar-refractivity contribution in [3.63, 3.8) is 0 Å². The van der Waals surface area contributed by atoms with E-state index in [0.717, 1.165) is 37.8 Å². The molecule has 0 amide bonds. The number of unbranched alkanes of at least 4 members (excludes halogenated alkanes) is 2. The molecule has 0 rings (SSSR count). The summed E-state index contributed by atoms with van der Waals surface area (Å²) in [5.41, 5.74) is 0.0862. The average molecular weight is 441 g/mol. The fourth-order valence-corrected chi connectivity index (χ4v) is 5.96. The van der Waals surface area contributed by atoms with E-state index in [1.165, 1.54) is 12.8 Å². The molecule has 0 spiro atoms. The molecule has 4 nitrogen and oxygen atoms in total. The van der Waals surface area contributed by atoms with Gasteiger partial charge in [0.25, 0.3) is 0 Å². The normalized spacial score (nSPS) is 16.2. The van der Waals surface area contributed by atoms with E-state index in [1.807, 2.05) is 34.6 Å². The first kappa shape index (κ1) is 30.6. The lowest BCUT2D eigenvalue weighted by atomic mass is 10.1. The van der Waals surface area contributed by atoms with Crippen molar-refractivity contribution in [3.8, 4) is 0 Å². The molecule has 0 fully saturated rings. The first-order chi connectivity index (χ1) is 12.8. The summed E-state index contributed by atoms with van der Waals surface area (Å²) in [6.45, 7) is 18.9. The third-order valence-corrected chi connectivity index (χ3v) is 10.7. The zero-order valence-electron chi connectivity index (χ0n) is 20.2. The molecule has 0 aliphatic carbocycles. The molecule has 0 bridgehead atoms. The number of hydrogen-bond donors (Lipinski definition) is 1. The van der Waals surface area contributed by atoms with Crippen LogP contribution in [0.4, 0.5) is 0 Å². The number of rotatable bonds is 14. The Morgan fingerprint density at radius 1 is 0.714 bits per heavy atom. The summed E-state index contributed by atoms with van der Waals surface area (Å²) >= 11 is 0. The lowest BCUT2D eigenvalue weighted by molar-refractivity contribution is 0.326. The molecule has 2 unspecified atom stereocenters. The molecule has 0 saturated heterocycles. The third kappa shape index (κ3) is 16.2. The minimum absolute atomic E-state index is 0.0773. The molecule has 28 heavy (non-hydrogen) atoms. The Morgan fingerprint density at radius 2 is 1.14 bits per heavy atom. The van der Waals surface area contributed by atoms with Gasteiger partial charge < -0.3 is 9.42 Å². The molecule has 2 atom stereocenters. The van der Waals surface area contributed by atoms with Crippen molar-refractivity contribution >= 4 is 14.7 Å². The van der Waals surface area contributed by atoms with E-state index in [2.05, 4.69) is 27.7 Å². The Bertz CT molecular complexity index is 459. The van der Waals surface area contributed by atoms with Crippen LogP contribution in [0.25, 0.3) is 0 Å². The average Bonchev–Trinajstić information content (AvgIpc) is 2.56. The smallest absolute Gasteiger partial charge is 0.205 e. The minimum atomic E-state index is -2.82. The molecule has 0 radical (unpaired) electrons. The summed E-state index contributed by atoms with van der Waals surface area (Å²) in [6, 6.07) is 0. The van der Waals surface area contributed by atoms with E-state index < -0.39 is 14.7 Å². The van der Waals surface area contributed by atoms with Gasteiger partial charge in [-0.15, -0.1) is 0 Å². The summed E-state index contributed by atoms with van der Waals surface area (Å²) in [6.07, 6.45) is 7.82. The number of hydrogen-bond acceptors (Lipinski definition) is 3. The summed E-state index contributed by atoms with van der Waals surface area (Å²) in [5.74, 6) is 1.45. The fraction of sp³-hybridized carbons (Fsp3) is 1.00. The second-order valence-corrected chi connectivity index (χ2v) is 15.5. The summed E-state index contributed by atoms with van der Waals surface area (Å²) in [7, 11) is -5.18. The van der Waals surface area contributed by atoms with E-state index in [9.17, 15) is 14.0 Å². The lowest BCUT2D eigenvalue weighted by Crippen LogP contribution is -2.06. The van der Waals surface area contributed by atoms with Crippen molar-refractivity contribution in [2.45, 2.75) is 112 Å². The minimum Gasteiger partial charge on any atom is -0.344 e. The predicted molar refractivity (Wildman–Crippen MR) is 126 cm³/mol. The maximum absolute atomic E-state index is 12.3. The highest BCUT2D eigenvalue weighted by atomic mass is 31.2. The summed E-state index contributed by atoms with van der Waals surface area (Å²) < 4.78 is 29.3. The Kier molecular flexibility index (Phi) is 17.6. The summed E-state index contributed by atoms with van der Waals surface area (Å²) in [5, 5.41) is 0. The molecule has 0 aromatic heterocycles. The van der Waals surface area contributed by atoms with Crippen LogP contribution < -0.4 is 0 Å². The molecule has 6 heteroatoms. The molecule has 0 aliphatic rings. The Balaban J connectivity index is 0. The first-order valence-electron chi connectivity index (χ1n) is 11.3. The highest BCUT2D eigenvalue weighted by molar-refractivity contribution is 7.59. The molecule has 0 aliphatic heterocycles. The first-order valence-corrected chi connectivity index (χ1v) is 15.1. The van der Waals surface area contributed by atoms with Crippen LogP contribution >= 0.6 is 14.7 Å². The van der Waals surface area contributed by atoms with Gasteiger partial charge in [-0.3, -0.25) is 9.13 Å². The van der Waals surface area contributed by atoms with E-state index in [4.69, 9.17) is 4.52 Å².